The Morgan fingerprint density at radius 3 is 2.83 bits per heavy atom. The van der Waals surface area contributed by atoms with E-state index in [9.17, 15) is 4.79 Å². The molecular formula is C13H17BrN2O2. The van der Waals surface area contributed by atoms with Crippen LogP contribution in [0.15, 0.2) is 28.7 Å². The molecular weight excluding hydrogens is 296 g/mol. The number of amides is 1. The monoisotopic (exact) mass is 312 g/mol. The highest BCUT2D eigenvalue weighted by Gasteiger charge is 2.28. The van der Waals surface area contributed by atoms with Crippen molar-refractivity contribution in [3.8, 4) is 0 Å². The van der Waals surface area contributed by atoms with Crippen LogP contribution in [0.3, 0.4) is 0 Å². The van der Waals surface area contributed by atoms with E-state index in [0.29, 0.717) is 18.7 Å². The van der Waals surface area contributed by atoms with Gasteiger partial charge in [-0.2, -0.15) is 0 Å². The normalized spacial score (nSPS) is 22.3. The fourth-order valence-electron chi connectivity index (χ4n) is 1.92. The Morgan fingerprint density at radius 2 is 2.17 bits per heavy atom. The van der Waals surface area contributed by atoms with E-state index in [-0.39, 0.29) is 5.91 Å². The summed E-state index contributed by atoms with van der Waals surface area (Å²) in [4.78, 5) is 11.7. The second-order valence-corrected chi connectivity index (χ2v) is 5.29. The zero-order valence-electron chi connectivity index (χ0n) is 10.3. The summed E-state index contributed by atoms with van der Waals surface area (Å²) < 4.78 is 6.08. The number of carbonyl (C=O) groups is 1. The number of carbonyl (C=O) groups excluding carboxylic acids is 1. The zero-order chi connectivity index (χ0) is 13.0. The lowest BCUT2D eigenvalue weighted by Gasteiger charge is -2.34. The van der Waals surface area contributed by atoms with Crippen LogP contribution in [-0.2, 0) is 9.53 Å². The van der Waals surface area contributed by atoms with Crippen molar-refractivity contribution in [1.82, 2.24) is 5.32 Å². The first-order valence-electron chi connectivity index (χ1n) is 5.99. The van der Waals surface area contributed by atoms with Gasteiger partial charge in [0.2, 0.25) is 5.91 Å². The van der Waals surface area contributed by atoms with Gasteiger partial charge in [0.15, 0.2) is 0 Å². The fourth-order valence-corrected chi connectivity index (χ4v) is 2.30. The highest BCUT2D eigenvalue weighted by molar-refractivity contribution is 9.10. The number of para-hydroxylation sites is 1. The van der Waals surface area contributed by atoms with Crippen molar-refractivity contribution in [3.05, 3.63) is 28.7 Å². The van der Waals surface area contributed by atoms with E-state index in [1.165, 1.54) is 0 Å². The maximum atomic E-state index is 11.7. The van der Waals surface area contributed by atoms with Gasteiger partial charge in [-0.05, 0) is 40.9 Å². The number of methoxy groups -OCH3 is 1. The lowest BCUT2D eigenvalue weighted by Crippen LogP contribution is -2.47. The van der Waals surface area contributed by atoms with Crippen molar-refractivity contribution in [2.24, 2.45) is 0 Å². The van der Waals surface area contributed by atoms with E-state index >= 15 is 0 Å². The molecule has 1 aromatic rings. The molecule has 0 aromatic heterocycles. The highest BCUT2D eigenvalue weighted by atomic mass is 79.9. The molecule has 1 aliphatic rings. The minimum absolute atomic E-state index is 0.0252. The van der Waals surface area contributed by atoms with E-state index < -0.39 is 0 Å². The van der Waals surface area contributed by atoms with Gasteiger partial charge in [0.25, 0.3) is 0 Å². The average molecular weight is 313 g/mol. The van der Waals surface area contributed by atoms with Gasteiger partial charge in [-0.25, -0.2) is 0 Å². The molecule has 0 atom stereocenters. The molecule has 2 rings (SSSR count). The van der Waals surface area contributed by atoms with E-state index in [1.807, 2.05) is 24.3 Å². The van der Waals surface area contributed by atoms with Gasteiger partial charge in [0, 0.05) is 17.6 Å². The topological polar surface area (TPSA) is 50.4 Å². The number of ether oxygens (including phenoxy) is 1. The lowest BCUT2D eigenvalue weighted by molar-refractivity contribution is -0.115. The van der Waals surface area contributed by atoms with E-state index in [0.717, 1.165) is 23.0 Å². The molecule has 0 unspecified atom stereocenters. The Hall–Kier alpha value is -0.910. The summed E-state index contributed by atoms with van der Waals surface area (Å²) in [5.74, 6) is -0.0252. The number of hydrogen-bond acceptors (Lipinski definition) is 3. The molecule has 4 nitrogen and oxygen atoms in total. The second kappa shape index (κ2) is 6.31. The van der Waals surface area contributed by atoms with Crippen LogP contribution in [0.2, 0.25) is 0 Å². The Labute approximate surface area is 115 Å². The molecule has 5 heteroatoms. The van der Waals surface area contributed by atoms with Crippen LogP contribution >= 0.6 is 15.9 Å². The summed E-state index contributed by atoms with van der Waals surface area (Å²) in [5.41, 5.74) is 0.799. The molecule has 1 aromatic carbocycles. The van der Waals surface area contributed by atoms with Crippen LogP contribution < -0.4 is 10.6 Å². The SMILES string of the molecule is COC1CC(NCC(=O)Nc2ccccc2Br)C1. The maximum Gasteiger partial charge on any atom is 0.238 e. The first-order chi connectivity index (χ1) is 8.69. The van der Waals surface area contributed by atoms with Crippen molar-refractivity contribution in [3.63, 3.8) is 0 Å². The molecule has 0 saturated heterocycles. The molecule has 0 radical (unpaired) electrons. The molecule has 1 aliphatic carbocycles. The minimum Gasteiger partial charge on any atom is -0.381 e. The largest absolute Gasteiger partial charge is 0.381 e. The summed E-state index contributed by atoms with van der Waals surface area (Å²) in [6.45, 7) is 0.336. The minimum atomic E-state index is -0.0252. The number of hydrogen-bond donors (Lipinski definition) is 2. The third-order valence-electron chi connectivity index (χ3n) is 3.13. The van der Waals surface area contributed by atoms with Crippen LogP contribution in [0.4, 0.5) is 5.69 Å². The Kier molecular flexibility index (Phi) is 4.74. The Balaban J connectivity index is 1.71. The van der Waals surface area contributed by atoms with Gasteiger partial charge < -0.3 is 15.4 Å². The first kappa shape index (κ1) is 13.5. The van der Waals surface area contributed by atoms with Crippen molar-refractivity contribution < 1.29 is 9.53 Å². The number of anilines is 1. The molecule has 0 aliphatic heterocycles. The molecule has 2 N–H and O–H groups in total. The summed E-state index contributed by atoms with van der Waals surface area (Å²) in [6, 6.07) is 7.98. The van der Waals surface area contributed by atoms with Gasteiger partial charge in [0.1, 0.15) is 0 Å². The van der Waals surface area contributed by atoms with Crippen LogP contribution in [-0.4, -0.2) is 31.7 Å². The molecule has 1 saturated carbocycles. The third kappa shape index (κ3) is 3.54. The summed E-state index contributed by atoms with van der Waals surface area (Å²) in [5, 5.41) is 6.07. The predicted octanol–water partition coefficient (Wildman–Crippen LogP) is 2.15. The van der Waals surface area contributed by atoms with Gasteiger partial charge in [-0.1, -0.05) is 12.1 Å². The molecule has 1 amide bonds. The van der Waals surface area contributed by atoms with Crippen LogP contribution in [0.25, 0.3) is 0 Å². The molecule has 98 valence electrons. The number of halogens is 1. The number of rotatable bonds is 5. The predicted molar refractivity (Wildman–Crippen MR) is 74.6 cm³/mol. The fraction of sp³-hybridized carbons (Fsp3) is 0.462. The lowest BCUT2D eigenvalue weighted by atomic mass is 9.89. The van der Waals surface area contributed by atoms with E-state index in [4.69, 9.17) is 4.74 Å². The first-order valence-corrected chi connectivity index (χ1v) is 6.79. The van der Waals surface area contributed by atoms with Crippen molar-refractivity contribution in [1.29, 1.82) is 0 Å². The van der Waals surface area contributed by atoms with Crippen LogP contribution in [0.5, 0.6) is 0 Å². The molecule has 1 fully saturated rings. The average Bonchev–Trinajstić information content (AvgIpc) is 2.30. The van der Waals surface area contributed by atoms with Crippen LogP contribution in [0, 0.1) is 0 Å². The summed E-state index contributed by atoms with van der Waals surface area (Å²) in [7, 11) is 1.72. The van der Waals surface area contributed by atoms with Crippen LogP contribution in [0.1, 0.15) is 12.8 Å². The molecule has 0 bridgehead atoms. The smallest absolute Gasteiger partial charge is 0.238 e. The van der Waals surface area contributed by atoms with Crippen molar-refractivity contribution in [2.45, 2.75) is 25.0 Å². The summed E-state index contributed by atoms with van der Waals surface area (Å²) in [6.07, 6.45) is 2.33. The molecule has 0 heterocycles. The summed E-state index contributed by atoms with van der Waals surface area (Å²) >= 11 is 3.40. The van der Waals surface area contributed by atoms with Crippen molar-refractivity contribution in [2.75, 3.05) is 19.0 Å². The third-order valence-corrected chi connectivity index (χ3v) is 3.82. The van der Waals surface area contributed by atoms with Gasteiger partial charge in [-0.3, -0.25) is 4.79 Å². The number of nitrogens with one attached hydrogen (secondary N) is 2. The van der Waals surface area contributed by atoms with Gasteiger partial charge >= 0.3 is 0 Å². The Bertz CT molecular complexity index is 419. The van der Waals surface area contributed by atoms with Gasteiger partial charge in [0.05, 0.1) is 18.3 Å². The molecule has 18 heavy (non-hydrogen) atoms. The second-order valence-electron chi connectivity index (χ2n) is 4.43. The van der Waals surface area contributed by atoms with E-state index in [1.54, 1.807) is 7.11 Å². The standard InChI is InChI=1S/C13H17BrN2O2/c1-18-10-6-9(7-10)15-8-13(17)16-12-5-3-2-4-11(12)14/h2-5,9-10,15H,6-8H2,1H3,(H,16,17). The zero-order valence-corrected chi connectivity index (χ0v) is 11.9. The molecule has 0 spiro atoms. The quantitative estimate of drug-likeness (QED) is 0.876. The Morgan fingerprint density at radius 1 is 1.44 bits per heavy atom. The highest BCUT2D eigenvalue weighted by Crippen LogP contribution is 2.23. The maximum absolute atomic E-state index is 11.7. The van der Waals surface area contributed by atoms with E-state index in [2.05, 4.69) is 26.6 Å². The van der Waals surface area contributed by atoms with Crippen molar-refractivity contribution >= 4 is 27.5 Å². The van der Waals surface area contributed by atoms with Gasteiger partial charge in [-0.15, -0.1) is 0 Å². The number of benzene rings is 1.